The van der Waals surface area contributed by atoms with Gasteiger partial charge in [-0.3, -0.25) is 0 Å². The van der Waals surface area contributed by atoms with Crippen LogP contribution in [-0.2, 0) is 15.9 Å². The molecule has 20 heavy (non-hydrogen) atoms. The van der Waals surface area contributed by atoms with E-state index in [9.17, 15) is 5.21 Å². The summed E-state index contributed by atoms with van der Waals surface area (Å²) in [6.45, 7) is 7.56. The van der Waals surface area contributed by atoms with Gasteiger partial charge in [0.25, 0.3) is 5.69 Å². The molecule has 0 bridgehead atoms. The summed E-state index contributed by atoms with van der Waals surface area (Å²) in [6.07, 6.45) is 0. The second-order valence-corrected chi connectivity index (χ2v) is 5.99. The molecule has 0 saturated heterocycles. The number of nitrogens with zero attached hydrogens (tertiary/aromatic N) is 3. The molecule has 0 saturated carbocycles. The average molecular weight is 271 g/mol. The molecule has 1 aromatic carbocycles. The SMILES string of the molecule is CC1(C)OC(C)(C)c2c1nc(-c1ccccc1)n[n+]2[O-]. The highest BCUT2D eigenvalue weighted by atomic mass is 16.5. The topological polar surface area (TPSA) is 62.0 Å². The van der Waals surface area contributed by atoms with E-state index in [1.807, 2.05) is 58.0 Å². The molecule has 0 N–H and O–H groups in total. The van der Waals surface area contributed by atoms with Crippen LogP contribution in [0.25, 0.3) is 11.4 Å². The molecule has 0 aliphatic carbocycles. The molecule has 104 valence electrons. The van der Waals surface area contributed by atoms with E-state index >= 15 is 0 Å². The fraction of sp³-hybridized carbons (Fsp3) is 0.400. The van der Waals surface area contributed by atoms with Crippen molar-refractivity contribution in [2.45, 2.75) is 38.9 Å². The molecule has 0 unspecified atom stereocenters. The van der Waals surface area contributed by atoms with Crippen LogP contribution in [0.2, 0.25) is 0 Å². The van der Waals surface area contributed by atoms with Gasteiger partial charge in [-0.25, -0.2) is 4.98 Å². The molecule has 5 nitrogen and oxygen atoms in total. The Kier molecular flexibility index (Phi) is 2.59. The van der Waals surface area contributed by atoms with Crippen LogP contribution in [0.1, 0.15) is 39.1 Å². The van der Waals surface area contributed by atoms with Crippen LogP contribution in [0.4, 0.5) is 0 Å². The van der Waals surface area contributed by atoms with Crippen molar-refractivity contribution in [2.75, 3.05) is 0 Å². The zero-order valence-electron chi connectivity index (χ0n) is 12.0. The Morgan fingerprint density at radius 1 is 1.05 bits per heavy atom. The van der Waals surface area contributed by atoms with Crippen molar-refractivity contribution in [3.05, 3.63) is 46.9 Å². The van der Waals surface area contributed by atoms with Crippen molar-refractivity contribution in [2.24, 2.45) is 0 Å². The fourth-order valence-electron chi connectivity index (χ4n) is 2.79. The third-order valence-corrected chi connectivity index (χ3v) is 3.50. The van der Waals surface area contributed by atoms with Gasteiger partial charge >= 0.3 is 0 Å². The minimum atomic E-state index is -0.685. The van der Waals surface area contributed by atoms with E-state index in [4.69, 9.17) is 4.74 Å². The molecule has 0 fully saturated rings. The van der Waals surface area contributed by atoms with Crippen LogP contribution in [0.3, 0.4) is 0 Å². The van der Waals surface area contributed by atoms with Crippen molar-refractivity contribution in [3.8, 4) is 11.4 Å². The van der Waals surface area contributed by atoms with Gasteiger partial charge in [0.2, 0.25) is 5.82 Å². The molecule has 3 rings (SSSR count). The van der Waals surface area contributed by atoms with E-state index in [0.717, 1.165) is 5.56 Å². The molecule has 0 atom stereocenters. The Hall–Kier alpha value is -2.01. The first-order valence-corrected chi connectivity index (χ1v) is 6.60. The third kappa shape index (κ3) is 1.86. The van der Waals surface area contributed by atoms with E-state index < -0.39 is 11.2 Å². The van der Waals surface area contributed by atoms with Crippen LogP contribution < -0.4 is 4.85 Å². The minimum absolute atomic E-state index is 0.425. The monoisotopic (exact) mass is 271 g/mol. The Morgan fingerprint density at radius 2 is 1.70 bits per heavy atom. The minimum Gasteiger partial charge on any atom is -0.594 e. The van der Waals surface area contributed by atoms with Gasteiger partial charge in [-0.05, 0) is 32.5 Å². The Labute approximate surface area is 117 Å². The van der Waals surface area contributed by atoms with Crippen molar-refractivity contribution >= 4 is 0 Å². The lowest BCUT2D eigenvalue weighted by molar-refractivity contribution is -0.681. The lowest BCUT2D eigenvalue weighted by Gasteiger charge is -2.21. The van der Waals surface area contributed by atoms with Gasteiger partial charge in [0.15, 0.2) is 5.60 Å². The number of hydrogen-bond acceptors (Lipinski definition) is 4. The molecule has 2 aromatic rings. The number of ether oxygens (including phenoxy) is 1. The first-order chi connectivity index (χ1) is 9.31. The van der Waals surface area contributed by atoms with Gasteiger partial charge in [0.1, 0.15) is 11.3 Å². The maximum Gasteiger partial charge on any atom is 0.277 e. The first kappa shape index (κ1) is 13.0. The van der Waals surface area contributed by atoms with E-state index in [-0.39, 0.29) is 0 Å². The summed E-state index contributed by atoms with van der Waals surface area (Å²) < 4.78 is 5.95. The normalized spacial score (nSPS) is 18.8. The van der Waals surface area contributed by atoms with Crippen LogP contribution in [-0.4, -0.2) is 10.1 Å². The van der Waals surface area contributed by atoms with Crippen LogP contribution in [0.5, 0.6) is 0 Å². The van der Waals surface area contributed by atoms with Gasteiger partial charge in [-0.15, -0.1) is 0 Å². The van der Waals surface area contributed by atoms with Crippen molar-refractivity contribution in [1.82, 2.24) is 10.1 Å². The predicted octanol–water partition coefficient (Wildman–Crippen LogP) is 2.28. The van der Waals surface area contributed by atoms with Crippen molar-refractivity contribution in [1.29, 1.82) is 0 Å². The van der Waals surface area contributed by atoms with Crippen LogP contribution >= 0.6 is 0 Å². The quantitative estimate of drug-likeness (QED) is 0.589. The number of fused-ring (bicyclic) bond motifs is 1. The third-order valence-electron chi connectivity index (χ3n) is 3.50. The summed E-state index contributed by atoms with van der Waals surface area (Å²) in [5.74, 6) is 0.425. The number of aromatic nitrogens is 3. The van der Waals surface area contributed by atoms with Crippen molar-refractivity contribution < 1.29 is 9.58 Å². The summed E-state index contributed by atoms with van der Waals surface area (Å²) in [4.78, 5) is 5.23. The van der Waals surface area contributed by atoms with Crippen molar-refractivity contribution in [3.63, 3.8) is 0 Å². The lowest BCUT2D eigenvalue weighted by atomic mass is 10.0. The summed E-state index contributed by atoms with van der Waals surface area (Å²) >= 11 is 0. The number of hydrogen-bond donors (Lipinski definition) is 0. The molecular weight excluding hydrogens is 254 g/mol. The zero-order chi connectivity index (χ0) is 14.5. The molecule has 5 heteroatoms. The molecule has 2 heterocycles. The Bertz CT molecular complexity index is 666. The van der Waals surface area contributed by atoms with Gasteiger partial charge in [0.05, 0.1) is 0 Å². The fourth-order valence-corrected chi connectivity index (χ4v) is 2.79. The zero-order valence-corrected chi connectivity index (χ0v) is 12.0. The highest BCUT2D eigenvalue weighted by Crippen LogP contribution is 2.43. The second kappa shape index (κ2) is 3.99. The molecular formula is C15H17N3O2. The van der Waals surface area contributed by atoms with Gasteiger partial charge in [-0.1, -0.05) is 30.3 Å². The van der Waals surface area contributed by atoms with Gasteiger partial charge in [-0.2, -0.15) is 0 Å². The molecule has 0 amide bonds. The predicted molar refractivity (Wildman–Crippen MR) is 73.6 cm³/mol. The highest BCUT2D eigenvalue weighted by Gasteiger charge is 2.52. The number of benzene rings is 1. The first-order valence-electron chi connectivity index (χ1n) is 6.60. The molecule has 1 aliphatic rings. The smallest absolute Gasteiger partial charge is 0.277 e. The summed E-state index contributed by atoms with van der Waals surface area (Å²) in [7, 11) is 0. The standard InChI is InChI=1S/C15H17N3O2/c1-14(2)11-12(15(3,4)20-14)18(19)17-13(16-11)10-8-6-5-7-9-10/h5-9H,1-4H3. The summed E-state index contributed by atoms with van der Waals surface area (Å²) in [5, 5.41) is 16.3. The Balaban J connectivity index is 2.24. The van der Waals surface area contributed by atoms with E-state index in [2.05, 4.69) is 10.1 Å². The lowest BCUT2D eigenvalue weighted by Crippen LogP contribution is -2.42. The van der Waals surface area contributed by atoms with Gasteiger partial charge < -0.3 is 9.94 Å². The molecule has 1 aromatic heterocycles. The van der Waals surface area contributed by atoms with Crippen LogP contribution in [0.15, 0.2) is 30.3 Å². The van der Waals surface area contributed by atoms with E-state index in [1.165, 1.54) is 0 Å². The van der Waals surface area contributed by atoms with Crippen LogP contribution in [0, 0.1) is 5.21 Å². The van der Waals surface area contributed by atoms with Gasteiger partial charge in [0, 0.05) is 10.7 Å². The highest BCUT2D eigenvalue weighted by molar-refractivity contribution is 5.54. The molecule has 1 aliphatic heterocycles. The molecule has 0 spiro atoms. The summed E-state index contributed by atoms with van der Waals surface area (Å²) in [6, 6.07) is 9.48. The summed E-state index contributed by atoms with van der Waals surface area (Å²) in [5.41, 5.74) is 0.682. The van der Waals surface area contributed by atoms with E-state index in [1.54, 1.807) is 0 Å². The number of rotatable bonds is 1. The van der Waals surface area contributed by atoms with E-state index in [0.29, 0.717) is 22.1 Å². The Morgan fingerprint density at radius 3 is 2.35 bits per heavy atom. The maximum atomic E-state index is 12.3. The second-order valence-electron chi connectivity index (χ2n) is 5.99. The molecule has 0 radical (unpaired) electrons. The average Bonchev–Trinajstić information content (AvgIpc) is 2.56. The largest absolute Gasteiger partial charge is 0.594 e. The maximum absolute atomic E-state index is 12.3.